The van der Waals surface area contributed by atoms with Crippen LogP contribution in [-0.2, 0) is 15.1 Å². The molecule has 4 rings (SSSR count). The molecule has 0 atom stereocenters. The number of nitrogens with zero attached hydrogens (tertiary/aromatic N) is 3. The molecule has 0 unspecified atom stereocenters. The number of aliphatic carboxylic acids is 1. The number of rotatable bonds is 8. The SMILES string of the molecule is CN(C)[C@]1(c2ccccc2OC(=O)C(F)(F)F)CC[C@]2(CC1)CN(CCC(=O)O)C(=O)N2CC1CCC1. The lowest BCUT2D eigenvalue weighted by Gasteiger charge is -2.51. The third-order valence-electron chi connectivity index (χ3n) is 8.51. The molecule has 2 aliphatic carbocycles. The van der Waals surface area contributed by atoms with E-state index in [0.717, 1.165) is 19.3 Å². The number of carboxylic acid groups (broad SMARTS) is 1. The molecule has 2 saturated carbocycles. The van der Waals surface area contributed by atoms with Crippen molar-refractivity contribution < 1.29 is 37.4 Å². The summed E-state index contributed by atoms with van der Waals surface area (Å²) in [4.78, 5) is 41.7. The second-order valence-electron chi connectivity index (χ2n) is 10.8. The predicted octanol–water partition coefficient (Wildman–Crippen LogP) is 4.24. The van der Waals surface area contributed by atoms with Crippen molar-refractivity contribution in [2.45, 2.75) is 68.6 Å². The van der Waals surface area contributed by atoms with Crippen LogP contribution in [0.1, 0.15) is 56.9 Å². The van der Waals surface area contributed by atoms with Crippen molar-refractivity contribution in [3.05, 3.63) is 29.8 Å². The van der Waals surface area contributed by atoms with Crippen molar-refractivity contribution in [3.8, 4) is 5.75 Å². The fourth-order valence-electron chi connectivity index (χ4n) is 6.10. The average molecular weight is 526 g/mol. The quantitative estimate of drug-likeness (QED) is 0.404. The molecule has 11 heteroatoms. The van der Waals surface area contributed by atoms with Gasteiger partial charge in [-0.2, -0.15) is 13.2 Å². The van der Waals surface area contributed by atoms with Gasteiger partial charge in [0.25, 0.3) is 0 Å². The third kappa shape index (κ3) is 5.28. The van der Waals surface area contributed by atoms with Gasteiger partial charge in [0.05, 0.1) is 12.0 Å². The molecule has 3 aliphatic rings. The van der Waals surface area contributed by atoms with Gasteiger partial charge in [-0.05, 0) is 64.6 Å². The summed E-state index contributed by atoms with van der Waals surface area (Å²) in [6, 6.07) is 6.19. The molecule has 0 radical (unpaired) electrons. The molecule has 1 saturated heterocycles. The summed E-state index contributed by atoms with van der Waals surface area (Å²) in [7, 11) is 3.71. The number of carbonyl (C=O) groups is 3. The van der Waals surface area contributed by atoms with E-state index in [1.165, 1.54) is 12.1 Å². The number of ether oxygens (including phenoxy) is 1. The Morgan fingerprint density at radius 1 is 1.14 bits per heavy atom. The van der Waals surface area contributed by atoms with Crippen molar-refractivity contribution in [2.24, 2.45) is 5.92 Å². The van der Waals surface area contributed by atoms with Gasteiger partial charge in [-0.1, -0.05) is 24.6 Å². The number of esters is 1. The number of urea groups is 1. The minimum Gasteiger partial charge on any atom is -0.481 e. The molecule has 2 amide bonds. The van der Waals surface area contributed by atoms with E-state index >= 15 is 0 Å². The molecule has 1 N–H and O–H groups in total. The monoisotopic (exact) mass is 525 g/mol. The number of amides is 2. The summed E-state index contributed by atoms with van der Waals surface area (Å²) in [5, 5.41) is 9.15. The van der Waals surface area contributed by atoms with Crippen LogP contribution in [0.2, 0.25) is 0 Å². The van der Waals surface area contributed by atoms with Crippen LogP contribution in [-0.4, -0.2) is 83.2 Å². The van der Waals surface area contributed by atoms with Gasteiger partial charge >= 0.3 is 24.1 Å². The molecule has 1 aromatic carbocycles. The average Bonchev–Trinajstić information content (AvgIpc) is 3.05. The second-order valence-corrected chi connectivity index (χ2v) is 10.8. The second kappa shape index (κ2) is 10.2. The molecular weight excluding hydrogens is 491 g/mol. The first-order valence-corrected chi connectivity index (χ1v) is 12.7. The van der Waals surface area contributed by atoms with Crippen LogP contribution in [0.4, 0.5) is 18.0 Å². The molecule has 204 valence electrons. The lowest BCUT2D eigenvalue weighted by molar-refractivity contribution is -0.189. The maximum Gasteiger partial charge on any atom is 0.491 e. The van der Waals surface area contributed by atoms with Crippen LogP contribution in [0.15, 0.2) is 24.3 Å². The van der Waals surface area contributed by atoms with E-state index in [-0.39, 0.29) is 24.7 Å². The lowest BCUT2D eigenvalue weighted by atomic mass is 9.67. The fourth-order valence-corrected chi connectivity index (χ4v) is 6.10. The van der Waals surface area contributed by atoms with E-state index in [0.29, 0.717) is 50.3 Å². The number of halogens is 3. The predicted molar refractivity (Wildman–Crippen MR) is 128 cm³/mol. The summed E-state index contributed by atoms with van der Waals surface area (Å²) in [5.74, 6) is -2.91. The van der Waals surface area contributed by atoms with Crippen LogP contribution in [0.5, 0.6) is 5.75 Å². The number of para-hydroxylation sites is 1. The summed E-state index contributed by atoms with van der Waals surface area (Å²) in [6.45, 7) is 1.21. The van der Waals surface area contributed by atoms with Gasteiger partial charge in [-0.15, -0.1) is 0 Å². The first-order chi connectivity index (χ1) is 17.4. The van der Waals surface area contributed by atoms with Gasteiger partial charge in [-0.25, -0.2) is 9.59 Å². The Hall–Kier alpha value is -2.82. The van der Waals surface area contributed by atoms with E-state index in [9.17, 15) is 27.6 Å². The fraction of sp³-hybridized carbons (Fsp3) is 0.654. The number of hydrogen-bond acceptors (Lipinski definition) is 5. The molecular formula is C26H34F3N3O5. The Kier molecular flexibility index (Phi) is 7.47. The Morgan fingerprint density at radius 3 is 2.32 bits per heavy atom. The third-order valence-corrected chi connectivity index (χ3v) is 8.51. The van der Waals surface area contributed by atoms with E-state index < -0.39 is 29.2 Å². The molecule has 1 aromatic rings. The number of carbonyl (C=O) groups excluding carboxylic acids is 2. The van der Waals surface area contributed by atoms with Crippen LogP contribution in [0.25, 0.3) is 0 Å². The summed E-state index contributed by atoms with van der Waals surface area (Å²) < 4.78 is 43.7. The number of carboxylic acids is 1. The van der Waals surface area contributed by atoms with Crippen LogP contribution in [0, 0.1) is 5.92 Å². The Morgan fingerprint density at radius 2 is 1.78 bits per heavy atom. The Labute approximate surface area is 214 Å². The Bertz CT molecular complexity index is 1030. The molecule has 8 nitrogen and oxygen atoms in total. The Balaban J connectivity index is 1.61. The van der Waals surface area contributed by atoms with Crippen molar-refractivity contribution in [2.75, 3.05) is 33.7 Å². The highest BCUT2D eigenvalue weighted by Crippen LogP contribution is 2.51. The first-order valence-electron chi connectivity index (χ1n) is 12.7. The van der Waals surface area contributed by atoms with Gasteiger partial charge in [0.15, 0.2) is 0 Å². The molecule has 1 spiro atoms. The highest BCUT2D eigenvalue weighted by atomic mass is 19.4. The summed E-state index contributed by atoms with van der Waals surface area (Å²) in [6.07, 6.45) is 0.273. The molecule has 37 heavy (non-hydrogen) atoms. The molecule has 1 heterocycles. The largest absolute Gasteiger partial charge is 0.491 e. The van der Waals surface area contributed by atoms with Crippen LogP contribution >= 0.6 is 0 Å². The molecule has 1 aliphatic heterocycles. The zero-order valence-electron chi connectivity index (χ0n) is 21.2. The number of hydrogen-bond donors (Lipinski definition) is 1. The van der Waals surface area contributed by atoms with E-state index in [1.807, 2.05) is 23.9 Å². The minimum absolute atomic E-state index is 0.119. The normalized spacial score (nSPS) is 26.6. The van der Waals surface area contributed by atoms with Crippen molar-refractivity contribution in [3.63, 3.8) is 0 Å². The number of alkyl halides is 3. The van der Waals surface area contributed by atoms with Crippen LogP contribution in [0.3, 0.4) is 0 Å². The maximum atomic E-state index is 13.4. The van der Waals surface area contributed by atoms with E-state index in [4.69, 9.17) is 9.84 Å². The zero-order chi connectivity index (χ0) is 27.0. The highest BCUT2D eigenvalue weighted by Gasteiger charge is 2.55. The number of benzene rings is 1. The molecule has 0 bridgehead atoms. The smallest absolute Gasteiger partial charge is 0.481 e. The molecule has 0 aromatic heterocycles. The van der Waals surface area contributed by atoms with Gasteiger partial charge in [0.1, 0.15) is 5.75 Å². The van der Waals surface area contributed by atoms with Crippen molar-refractivity contribution >= 4 is 18.0 Å². The summed E-state index contributed by atoms with van der Waals surface area (Å²) >= 11 is 0. The van der Waals surface area contributed by atoms with Crippen LogP contribution < -0.4 is 4.74 Å². The maximum absolute atomic E-state index is 13.4. The van der Waals surface area contributed by atoms with Gasteiger partial charge in [0.2, 0.25) is 0 Å². The molecule has 3 fully saturated rings. The van der Waals surface area contributed by atoms with Gasteiger partial charge in [0, 0.05) is 30.7 Å². The van der Waals surface area contributed by atoms with E-state index in [2.05, 4.69) is 0 Å². The van der Waals surface area contributed by atoms with Gasteiger partial charge < -0.3 is 19.6 Å². The first kappa shape index (κ1) is 27.2. The highest BCUT2D eigenvalue weighted by molar-refractivity contribution is 5.79. The standard InChI is InChI=1S/C26H34F3N3O5/c1-30(2)25(19-8-3-4-9-20(19)37-22(35)26(27,28)29)13-11-24(12-14-25)17-31(15-10-21(33)34)23(36)32(24)16-18-6-5-7-18/h3-4,8-9,18H,5-7,10-17H2,1-2H3,(H,33,34)/t24-,25+. The topological polar surface area (TPSA) is 90.4 Å². The van der Waals surface area contributed by atoms with Crippen molar-refractivity contribution in [1.29, 1.82) is 0 Å². The van der Waals surface area contributed by atoms with Gasteiger partial charge in [-0.3, -0.25) is 9.69 Å². The lowest BCUT2D eigenvalue weighted by Crippen LogP contribution is -2.56. The van der Waals surface area contributed by atoms with Crippen molar-refractivity contribution in [1.82, 2.24) is 14.7 Å². The summed E-state index contributed by atoms with van der Waals surface area (Å²) in [5.41, 5.74) is -0.666. The minimum atomic E-state index is -5.11. The van der Waals surface area contributed by atoms with E-state index in [1.54, 1.807) is 17.0 Å². The zero-order valence-corrected chi connectivity index (χ0v) is 21.2.